The molecule has 70 valence electrons. The van der Waals surface area contributed by atoms with Crippen LogP contribution in [0, 0.1) is 18.3 Å². The summed E-state index contributed by atoms with van der Waals surface area (Å²) < 4.78 is 0. The predicted octanol–water partition coefficient (Wildman–Crippen LogP) is 3.25. The van der Waals surface area contributed by atoms with Gasteiger partial charge in [-0.05, 0) is 30.9 Å². The molecule has 0 saturated carbocycles. The maximum absolute atomic E-state index is 8.65. The lowest BCUT2D eigenvalue weighted by Gasteiger charge is -1.98. The Morgan fingerprint density at radius 1 is 1.23 bits per heavy atom. The van der Waals surface area contributed by atoms with Gasteiger partial charge in [-0.3, -0.25) is 0 Å². The fourth-order valence-electron chi connectivity index (χ4n) is 1.65. The highest BCUT2D eigenvalue weighted by Crippen LogP contribution is 2.29. The molecule has 0 radical (unpaired) electrons. The van der Waals surface area contributed by atoms with Crippen LogP contribution in [0.3, 0.4) is 0 Å². The van der Waals surface area contributed by atoms with Gasteiger partial charge in [-0.1, -0.05) is 13.8 Å². The molecule has 0 aliphatic rings. The molecule has 0 aliphatic heterocycles. The Hall–Kier alpha value is -0.810. The van der Waals surface area contributed by atoms with Crippen molar-refractivity contribution in [2.75, 3.05) is 0 Å². The molecule has 1 aromatic heterocycles. The van der Waals surface area contributed by atoms with Gasteiger partial charge in [-0.25, -0.2) is 0 Å². The molecule has 1 rings (SSSR count). The summed E-state index contributed by atoms with van der Waals surface area (Å²) in [5, 5.41) is 8.65. The van der Waals surface area contributed by atoms with Crippen LogP contribution in [0.5, 0.6) is 0 Å². The summed E-state index contributed by atoms with van der Waals surface area (Å²) >= 11 is 1.81. The number of aryl methyl sites for hydroxylation is 1. The highest BCUT2D eigenvalue weighted by atomic mass is 32.1. The molecule has 0 saturated heterocycles. The van der Waals surface area contributed by atoms with Crippen molar-refractivity contribution >= 4 is 11.3 Å². The summed E-state index contributed by atoms with van der Waals surface area (Å²) in [6.45, 7) is 6.51. The van der Waals surface area contributed by atoms with E-state index in [1.54, 1.807) is 0 Å². The average Bonchev–Trinajstić information content (AvgIpc) is 2.44. The third kappa shape index (κ3) is 1.92. The van der Waals surface area contributed by atoms with Crippen molar-refractivity contribution in [1.82, 2.24) is 0 Å². The van der Waals surface area contributed by atoms with Crippen LogP contribution >= 0.6 is 11.3 Å². The van der Waals surface area contributed by atoms with E-state index in [2.05, 4.69) is 26.8 Å². The van der Waals surface area contributed by atoms with Gasteiger partial charge in [0, 0.05) is 9.75 Å². The second-order valence-corrected chi connectivity index (χ2v) is 4.28. The number of hydrogen-bond donors (Lipinski definition) is 0. The second-order valence-electron chi connectivity index (χ2n) is 3.09. The van der Waals surface area contributed by atoms with Crippen molar-refractivity contribution in [2.24, 2.45) is 0 Å². The summed E-state index contributed by atoms with van der Waals surface area (Å²) in [4.78, 5) is 2.72. The van der Waals surface area contributed by atoms with Crippen LogP contribution in [0.15, 0.2) is 0 Å². The van der Waals surface area contributed by atoms with Crippen molar-refractivity contribution in [3.8, 4) is 6.07 Å². The van der Waals surface area contributed by atoms with Gasteiger partial charge in [-0.2, -0.15) is 5.26 Å². The van der Waals surface area contributed by atoms with Gasteiger partial charge in [0.05, 0.1) is 12.5 Å². The normalized spacial score (nSPS) is 10.0. The highest BCUT2D eigenvalue weighted by Gasteiger charge is 2.11. The Balaban J connectivity index is 3.12. The van der Waals surface area contributed by atoms with E-state index in [0.717, 1.165) is 12.8 Å². The van der Waals surface area contributed by atoms with Crippen molar-refractivity contribution < 1.29 is 0 Å². The van der Waals surface area contributed by atoms with Gasteiger partial charge in [0.2, 0.25) is 0 Å². The number of thiophene rings is 1. The van der Waals surface area contributed by atoms with Crippen molar-refractivity contribution in [3.05, 3.63) is 20.9 Å². The average molecular weight is 193 g/mol. The number of nitriles is 1. The first kappa shape index (κ1) is 10.3. The first-order valence-electron chi connectivity index (χ1n) is 4.71. The van der Waals surface area contributed by atoms with Gasteiger partial charge in [0.25, 0.3) is 0 Å². The van der Waals surface area contributed by atoms with E-state index in [1.807, 2.05) is 11.3 Å². The molecule has 0 bridgehead atoms. The number of hydrogen-bond acceptors (Lipinski definition) is 2. The number of nitrogens with zero attached hydrogens (tertiary/aromatic N) is 1. The Morgan fingerprint density at radius 2 is 1.92 bits per heavy atom. The second kappa shape index (κ2) is 4.43. The van der Waals surface area contributed by atoms with Gasteiger partial charge in [0.15, 0.2) is 0 Å². The maximum Gasteiger partial charge on any atom is 0.0698 e. The number of rotatable bonds is 3. The summed E-state index contributed by atoms with van der Waals surface area (Å²) in [5.74, 6) is 0. The van der Waals surface area contributed by atoms with Crippen LogP contribution in [-0.4, -0.2) is 0 Å². The zero-order chi connectivity index (χ0) is 9.84. The van der Waals surface area contributed by atoms with Crippen molar-refractivity contribution in [2.45, 2.75) is 40.0 Å². The zero-order valence-electron chi connectivity index (χ0n) is 8.48. The van der Waals surface area contributed by atoms with E-state index in [0.29, 0.717) is 6.42 Å². The van der Waals surface area contributed by atoms with E-state index in [-0.39, 0.29) is 0 Å². The van der Waals surface area contributed by atoms with Crippen LogP contribution < -0.4 is 0 Å². The molecule has 13 heavy (non-hydrogen) atoms. The minimum atomic E-state index is 0.573. The summed E-state index contributed by atoms with van der Waals surface area (Å²) in [6, 6.07) is 2.22. The SMILES string of the molecule is CCc1sc(CC#N)c(C)c1CC. The first-order valence-corrected chi connectivity index (χ1v) is 5.53. The highest BCUT2D eigenvalue weighted by molar-refractivity contribution is 7.12. The van der Waals surface area contributed by atoms with E-state index in [1.165, 1.54) is 20.9 Å². The third-order valence-corrected chi connectivity index (χ3v) is 3.85. The molecule has 0 atom stereocenters. The van der Waals surface area contributed by atoms with Gasteiger partial charge in [-0.15, -0.1) is 11.3 Å². The fraction of sp³-hybridized carbons (Fsp3) is 0.545. The quantitative estimate of drug-likeness (QED) is 0.723. The van der Waals surface area contributed by atoms with Crippen LogP contribution in [0.4, 0.5) is 0 Å². The fourth-order valence-corrected chi connectivity index (χ4v) is 2.93. The molecule has 0 spiro atoms. The molecule has 1 nitrogen and oxygen atoms in total. The van der Waals surface area contributed by atoms with E-state index in [9.17, 15) is 0 Å². The molecule has 0 amide bonds. The van der Waals surface area contributed by atoms with Crippen LogP contribution in [0.1, 0.15) is 34.7 Å². The molecule has 0 aromatic carbocycles. The lowest BCUT2D eigenvalue weighted by molar-refractivity contribution is 1.05. The van der Waals surface area contributed by atoms with E-state index in [4.69, 9.17) is 5.26 Å². The largest absolute Gasteiger partial charge is 0.198 e. The van der Waals surface area contributed by atoms with Gasteiger partial charge < -0.3 is 0 Å². The minimum absolute atomic E-state index is 0.573. The smallest absolute Gasteiger partial charge is 0.0698 e. The third-order valence-electron chi connectivity index (χ3n) is 2.37. The van der Waals surface area contributed by atoms with Crippen LogP contribution in [0.2, 0.25) is 0 Å². The molecule has 2 heteroatoms. The molecule has 0 N–H and O–H groups in total. The van der Waals surface area contributed by atoms with Crippen LogP contribution in [0.25, 0.3) is 0 Å². The van der Waals surface area contributed by atoms with E-state index >= 15 is 0 Å². The zero-order valence-corrected chi connectivity index (χ0v) is 9.29. The Bertz CT molecular complexity index is 331. The van der Waals surface area contributed by atoms with Gasteiger partial charge in [0.1, 0.15) is 0 Å². The standard InChI is InChI=1S/C11H15NS/c1-4-9-8(3)11(6-7-12)13-10(9)5-2/h4-6H2,1-3H3. The Labute approximate surface area is 84.0 Å². The van der Waals surface area contributed by atoms with Gasteiger partial charge >= 0.3 is 0 Å². The Morgan fingerprint density at radius 3 is 2.31 bits per heavy atom. The minimum Gasteiger partial charge on any atom is -0.198 e. The molecule has 1 aromatic rings. The van der Waals surface area contributed by atoms with Crippen molar-refractivity contribution in [3.63, 3.8) is 0 Å². The summed E-state index contributed by atoms with van der Waals surface area (Å²) in [7, 11) is 0. The topological polar surface area (TPSA) is 23.8 Å². The first-order chi connectivity index (χ1) is 6.24. The van der Waals surface area contributed by atoms with Crippen LogP contribution in [-0.2, 0) is 19.3 Å². The Kier molecular flexibility index (Phi) is 3.50. The summed E-state index contributed by atoms with van der Waals surface area (Å²) in [5.41, 5.74) is 2.82. The molecular weight excluding hydrogens is 178 g/mol. The monoisotopic (exact) mass is 193 g/mol. The lowest BCUT2D eigenvalue weighted by atomic mass is 10.1. The predicted molar refractivity (Wildman–Crippen MR) is 57.1 cm³/mol. The maximum atomic E-state index is 8.65. The lowest BCUT2D eigenvalue weighted by Crippen LogP contribution is -1.87. The molecule has 0 fully saturated rings. The van der Waals surface area contributed by atoms with E-state index < -0.39 is 0 Å². The molecule has 0 aliphatic carbocycles. The molecular formula is C11H15NS. The summed E-state index contributed by atoms with van der Waals surface area (Å²) in [6.07, 6.45) is 2.76. The van der Waals surface area contributed by atoms with Crippen molar-refractivity contribution in [1.29, 1.82) is 5.26 Å². The molecule has 0 unspecified atom stereocenters. The molecule has 1 heterocycles.